The molecule has 146 valence electrons. The Balaban J connectivity index is 2.32. The average Bonchev–Trinajstić information content (AvgIpc) is 2.66. The lowest BCUT2D eigenvalue weighted by Crippen LogP contribution is -2.34. The van der Waals surface area contributed by atoms with E-state index < -0.39 is 19.3 Å². The van der Waals surface area contributed by atoms with E-state index in [1.54, 1.807) is 12.1 Å². The number of rotatable bonds is 8. The molecule has 0 unspecified atom stereocenters. The maximum absolute atomic E-state index is 11.3. The summed E-state index contributed by atoms with van der Waals surface area (Å²) in [5.41, 5.74) is 2.68. The Hall–Kier alpha value is -3.09. The van der Waals surface area contributed by atoms with Crippen LogP contribution in [0.3, 0.4) is 0 Å². The van der Waals surface area contributed by atoms with E-state index in [0.717, 1.165) is 16.8 Å². The van der Waals surface area contributed by atoms with Crippen LogP contribution in [0.15, 0.2) is 59.6 Å². The highest BCUT2D eigenvalue weighted by Crippen LogP contribution is 2.25. The van der Waals surface area contributed by atoms with Crippen molar-refractivity contribution in [2.45, 2.75) is 40.2 Å². The van der Waals surface area contributed by atoms with E-state index in [9.17, 15) is 9.59 Å². The fourth-order valence-electron chi connectivity index (χ4n) is 2.65. The first-order chi connectivity index (χ1) is 13.4. The number of benzene rings is 2. The molecular formula is C21H24BNO5. The second-order valence-corrected chi connectivity index (χ2v) is 6.14. The summed E-state index contributed by atoms with van der Waals surface area (Å²) < 4.78 is 15.6. The Bertz CT molecular complexity index is 822. The van der Waals surface area contributed by atoms with Crippen molar-refractivity contribution in [2.75, 3.05) is 0 Å². The minimum Gasteiger partial charge on any atom is -0.489 e. The second-order valence-electron chi connectivity index (χ2n) is 6.14. The van der Waals surface area contributed by atoms with Crippen molar-refractivity contribution in [3.63, 3.8) is 0 Å². The maximum atomic E-state index is 11.3. The van der Waals surface area contributed by atoms with E-state index >= 15 is 0 Å². The van der Waals surface area contributed by atoms with Gasteiger partial charge in [0.15, 0.2) is 0 Å². The molecule has 0 N–H and O–H groups in total. The van der Waals surface area contributed by atoms with E-state index in [4.69, 9.17) is 19.0 Å². The fraction of sp³-hybridized carbons (Fsp3) is 0.286. The van der Waals surface area contributed by atoms with Crippen molar-refractivity contribution >= 4 is 25.0 Å². The molecule has 0 aromatic heterocycles. The van der Waals surface area contributed by atoms with Crippen molar-refractivity contribution in [1.29, 1.82) is 0 Å². The minimum atomic E-state index is -1.46. The topological polar surface area (TPSA) is 74.2 Å². The van der Waals surface area contributed by atoms with Crippen molar-refractivity contribution in [2.24, 2.45) is 4.99 Å². The molecule has 0 spiro atoms. The molecule has 0 saturated heterocycles. The molecule has 28 heavy (non-hydrogen) atoms. The van der Waals surface area contributed by atoms with Crippen LogP contribution in [0.4, 0.5) is 0 Å². The molecule has 0 bridgehead atoms. The van der Waals surface area contributed by atoms with Crippen LogP contribution in [0.25, 0.3) is 0 Å². The molecule has 2 aromatic carbocycles. The van der Waals surface area contributed by atoms with E-state index in [0.29, 0.717) is 12.2 Å². The molecule has 0 saturated carbocycles. The van der Waals surface area contributed by atoms with Gasteiger partial charge in [0, 0.05) is 25.1 Å². The van der Waals surface area contributed by atoms with Crippen LogP contribution in [0.5, 0.6) is 5.75 Å². The number of nitrogens with zero attached hydrogens (tertiary/aromatic N) is 1. The number of para-hydroxylation sites is 1. The van der Waals surface area contributed by atoms with Gasteiger partial charge in [-0.2, -0.15) is 0 Å². The quantitative estimate of drug-likeness (QED) is 0.508. The van der Waals surface area contributed by atoms with Crippen molar-refractivity contribution in [3.8, 4) is 5.75 Å². The van der Waals surface area contributed by atoms with Crippen LogP contribution < -0.4 is 4.65 Å². The van der Waals surface area contributed by atoms with Crippen LogP contribution in [-0.2, 0) is 18.9 Å². The maximum Gasteiger partial charge on any atom is 0.868 e. The van der Waals surface area contributed by atoms with Gasteiger partial charge in [-0.25, -0.2) is 0 Å². The van der Waals surface area contributed by atoms with Gasteiger partial charge in [-0.1, -0.05) is 49.4 Å². The lowest BCUT2D eigenvalue weighted by molar-refractivity contribution is -0.139. The molecule has 0 aliphatic rings. The summed E-state index contributed by atoms with van der Waals surface area (Å²) in [7, 11) is -1.46. The normalized spacial score (nSPS) is 12.1. The highest BCUT2D eigenvalue weighted by molar-refractivity contribution is 6.42. The molecule has 1 atom stereocenters. The SMILES string of the molecule is CCC(=N[C@H](C)c1ccccc1)c1ccccc1OB(OC(C)=O)OC(C)=O. The number of hydrogen-bond acceptors (Lipinski definition) is 6. The third-order valence-electron chi connectivity index (χ3n) is 3.91. The second kappa shape index (κ2) is 10.3. The molecule has 6 nitrogen and oxygen atoms in total. The fourth-order valence-corrected chi connectivity index (χ4v) is 2.65. The van der Waals surface area contributed by atoms with Crippen LogP contribution in [-0.4, -0.2) is 25.0 Å². The molecular weight excluding hydrogens is 357 g/mol. The number of carbonyl (C=O) groups is 2. The van der Waals surface area contributed by atoms with E-state index in [1.165, 1.54) is 13.8 Å². The first kappa shape index (κ1) is 21.2. The van der Waals surface area contributed by atoms with Gasteiger partial charge < -0.3 is 14.0 Å². The Labute approximate surface area is 165 Å². The number of carbonyl (C=O) groups excluding carboxylic acids is 2. The predicted molar refractivity (Wildman–Crippen MR) is 108 cm³/mol. The molecule has 0 radical (unpaired) electrons. The zero-order chi connectivity index (χ0) is 20.5. The molecule has 0 amide bonds. The largest absolute Gasteiger partial charge is 0.868 e. The van der Waals surface area contributed by atoms with Crippen LogP contribution in [0.1, 0.15) is 51.3 Å². The average molecular weight is 381 g/mol. The van der Waals surface area contributed by atoms with Gasteiger partial charge in [-0.05, 0) is 31.0 Å². The highest BCUT2D eigenvalue weighted by Gasteiger charge is 2.33. The number of hydrogen-bond donors (Lipinski definition) is 0. The predicted octanol–water partition coefficient (Wildman–Crippen LogP) is 4.14. The monoisotopic (exact) mass is 381 g/mol. The van der Waals surface area contributed by atoms with Gasteiger partial charge in [0.2, 0.25) is 0 Å². The van der Waals surface area contributed by atoms with Crippen LogP contribution in [0.2, 0.25) is 0 Å². The summed E-state index contributed by atoms with van der Waals surface area (Å²) in [6.07, 6.45) is 0.670. The summed E-state index contributed by atoms with van der Waals surface area (Å²) in [5, 5.41) is 0. The smallest absolute Gasteiger partial charge is 0.489 e. The summed E-state index contributed by atoms with van der Waals surface area (Å²) in [6.45, 7) is 6.45. The third kappa shape index (κ3) is 6.26. The Kier molecular flexibility index (Phi) is 7.81. The summed E-state index contributed by atoms with van der Waals surface area (Å²) in [6, 6.07) is 17.2. The summed E-state index contributed by atoms with van der Waals surface area (Å²) in [5.74, 6) is -0.826. The zero-order valence-corrected chi connectivity index (χ0v) is 16.5. The van der Waals surface area contributed by atoms with Gasteiger partial charge in [0.25, 0.3) is 11.9 Å². The van der Waals surface area contributed by atoms with Gasteiger partial charge >= 0.3 is 7.32 Å². The lowest BCUT2D eigenvalue weighted by Gasteiger charge is -2.17. The van der Waals surface area contributed by atoms with Crippen molar-refractivity contribution in [3.05, 3.63) is 65.7 Å². The lowest BCUT2D eigenvalue weighted by atomic mass is 10.0. The standard InChI is InChI=1S/C21H24BNO5/c1-5-20(23-15(2)18-11-7-6-8-12-18)19-13-9-10-14-21(19)28-22(26-16(3)24)27-17(4)25/h6-15H,5H2,1-4H3/t15-/m1/s1. The Morgan fingerprint density at radius 3 is 2.11 bits per heavy atom. The Morgan fingerprint density at radius 1 is 0.964 bits per heavy atom. The summed E-state index contributed by atoms with van der Waals surface area (Å²) in [4.78, 5) is 27.4. The minimum absolute atomic E-state index is 0.0399. The molecule has 0 fully saturated rings. The first-order valence-corrected chi connectivity index (χ1v) is 9.12. The molecule has 0 aliphatic heterocycles. The van der Waals surface area contributed by atoms with Crippen LogP contribution >= 0.6 is 0 Å². The van der Waals surface area contributed by atoms with Gasteiger partial charge in [0.05, 0.1) is 6.04 Å². The molecule has 2 aromatic rings. The molecule has 0 aliphatic carbocycles. The van der Waals surface area contributed by atoms with Crippen molar-refractivity contribution < 1.29 is 23.6 Å². The van der Waals surface area contributed by atoms with E-state index in [1.807, 2.05) is 56.3 Å². The zero-order valence-electron chi connectivity index (χ0n) is 16.5. The Morgan fingerprint density at radius 2 is 1.54 bits per heavy atom. The molecule has 0 heterocycles. The highest BCUT2D eigenvalue weighted by atomic mass is 16.8. The van der Waals surface area contributed by atoms with E-state index in [2.05, 4.69) is 0 Å². The van der Waals surface area contributed by atoms with Gasteiger partial charge in [0.1, 0.15) is 5.75 Å². The van der Waals surface area contributed by atoms with E-state index in [-0.39, 0.29) is 6.04 Å². The van der Waals surface area contributed by atoms with Gasteiger partial charge in [-0.15, -0.1) is 0 Å². The van der Waals surface area contributed by atoms with Crippen molar-refractivity contribution in [1.82, 2.24) is 0 Å². The molecule has 7 heteroatoms. The molecule has 2 rings (SSSR count). The van der Waals surface area contributed by atoms with Gasteiger partial charge in [-0.3, -0.25) is 14.6 Å². The number of aliphatic imine (C=N–C) groups is 1. The van der Waals surface area contributed by atoms with Crippen LogP contribution in [0, 0.1) is 0 Å². The summed E-state index contributed by atoms with van der Waals surface area (Å²) >= 11 is 0. The first-order valence-electron chi connectivity index (χ1n) is 9.12. The third-order valence-corrected chi connectivity index (χ3v) is 3.91.